The Balaban J connectivity index is 2.35. The Morgan fingerprint density at radius 3 is 2.55 bits per heavy atom. The van der Waals surface area contributed by atoms with Crippen LogP contribution in [0.4, 0.5) is 14.5 Å². The van der Waals surface area contributed by atoms with Crippen molar-refractivity contribution in [3.63, 3.8) is 0 Å². The molecular formula is C13H8Cl2F2N2O. The van der Waals surface area contributed by atoms with Crippen molar-refractivity contribution >= 4 is 34.8 Å². The van der Waals surface area contributed by atoms with Gasteiger partial charge in [-0.15, -0.1) is 0 Å². The molecule has 0 bridgehead atoms. The van der Waals surface area contributed by atoms with Crippen molar-refractivity contribution in [1.82, 2.24) is 4.98 Å². The van der Waals surface area contributed by atoms with E-state index in [1.165, 1.54) is 25.1 Å². The molecule has 1 amide bonds. The molecule has 0 spiro atoms. The number of hydrogen-bond donors (Lipinski definition) is 1. The van der Waals surface area contributed by atoms with Gasteiger partial charge in [0.1, 0.15) is 21.8 Å². The zero-order valence-electron chi connectivity index (χ0n) is 10.2. The van der Waals surface area contributed by atoms with Gasteiger partial charge in [-0.25, -0.2) is 13.8 Å². The Labute approximate surface area is 123 Å². The summed E-state index contributed by atoms with van der Waals surface area (Å²) in [6.45, 7) is 1.46. The number of pyridine rings is 1. The van der Waals surface area contributed by atoms with E-state index in [2.05, 4.69) is 10.3 Å². The smallest absolute Gasteiger partial charge is 0.258 e. The predicted octanol–water partition coefficient (Wildman–Crippen LogP) is 4.23. The molecule has 1 heterocycles. The number of nitrogens with one attached hydrogen (secondary N) is 1. The molecular weight excluding hydrogens is 309 g/mol. The highest BCUT2D eigenvalue weighted by Gasteiger charge is 2.17. The van der Waals surface area contributed by atoms with E-state index >= 15 is 0 Å². The summed E-state index contributed by atoms with van der Waals surface area (Å²) < 4.78 is 27.3. The first-order valence-corrected chi connectivity index (χ1v) is 6.23. The lowest BCUT2D eigenvalue weighted by Crippen LogP contribution is -2.15. The van der Waals surface area contributed by atoms with Gasteiger partial charge in [0.25, 0.3) is 5.91 Å². The first-order chi connectivity index (χ1) is 9.40. The van der Waals surface area contributed by atoms with E-state index < -0.39 is 23.2 Å². The van der Waals surface area contributed by atoms with E-state index in [1.807, 2.05) is 0 Å². The third kappa shape index (κ3) is 2.89. The van der Waals surface area contributed by atoms with Crippen molar-refractivity contribution in [3.8, 4) is 0 Å². The van der Waals surface area contributed by atoms with Crippen LogP contribution < -0.4 is 5.32 Å². The zero-order valence-corrected chi connectivity index (χ0v) is 11.7. The number of carbonyl (C=O) groups is 1. The standard InChI is InChI=1S/C13H8Cl2F2N2O/c1-6-2-4-8(16)11(10(6)17)19-13(20)7-3-5-9(14)18-12(7)15/h2-5H,1H3,(H,19,20). The fourth-order valence-corrected chi connectivity index (χ4v) is 1.96. The highest BCUT2D eigenvalue weighted by Crippen LogP contribution is 2.24. The Bertz CT molecular complexity index is 692. The molecule has 0 aliphatic rings. The zero-order chi connectivity index (χ0) is 14.9. The Morgan fingerprint density at radius 2 is 1.90 bits per heavy atom. The molecule has 1 aromatic heterocycles. The van der Waals surface area contributed by atoms with Crippen LogP contribution in [-0.4, -0.2) is 10.9 Å². The molecule has 0 radical (unpaired) electrons. The lowest BCUT2D eigenvalue weighted by atomic mass is 10.2. The summed E-state index contributed by atoms with van der Waals surface area (Å²) in [6, 6.07) is 5.01. The van der Waals surface area contributed by atoms with Gasteiger partial charge in [-0.2, -0.15) is 0 Å². The van der Waals surface area contributed by atoms with Crippen LogP contribution in [0.15, 0.2) is 24.3 Å². The van der Waals surface area contributed by atoms with Gasteiger partial charge in [0.2, 0.25) is 0 Å². The van der Waals surface area contributed by atoms with Crippen LogP contribution in [0.5, 0.6) is 0 Å². The van der Waals surface area contributed by atoms with Gasteiger partial charge in [0, 0.05) is 0 Å². The Hall–Kier alpha value is -1.72. The van der Waals surface area contributed by atoms with Crippen LogP contribution in [0.3, 0.4) is 0 Å². The molecule has 104 valence electrons. The van der Waals surface area contributed by atoms with Crippen LogP contribution in [-0.2, 0) is 0 Å². The van der Waals surface area contributed by atoms with Crippen LogP contribution in [0, 0.1) is 18.6 Å². The number of amides is 1. The van der Waals surface area contributed by atoms with E-state index in [0.717, 1.165) is 6.07 Å². The number of benzene rings is 1. The minimum absolute atomic E-state index is 0.0311. The van der Waals surface area contributed by atoms with E-state index in [1.54, 1.807) is 0 Å². The van der Waals surface area contributed by atoms with Gasteiger partial charge in [0.15, 0.2) is 5.82 Å². The summed E-state index contributed by atoms with van der Waals surface area (Å²) in [5.41, 5.74) is -0.348. The molecule has 20 heavy (non-hydrogen) atoms. The summed E-state index contributed by atoms with van der Waals surface area (Å²) in [6.07, 6.45) is 0. The second kappa shape index (κ2) is 5.73. The third-order valence-electron chi connectivity index (χ3n) is 2.58. The minimum Gasteiger partial charge on any atom is -0.317 e. The molecule has 0 unspecified atom stereocenters. The highest BCUT2D eigenvalue weighted by atomic mass is 35.5. The highest BCUT2D eigenvalue weighted by molar-refractivity contribution is 6.35. The number of nitrogens with zero attached hydrogens (tertiary/aromatic N) is 1. The monoisotopic (exact) mass is 316 g/mol. The minimum atomic E-state index is -0.875. The van der Waals surface area contributed by atoms with Crippen molar-refractivity contribution in [2.24, 2.45) is 0 Å². The molecule has 0 saturated carbocycles. The van der Waals surface area contributed by atoms with Gasteiger partial charge < -0.3 is 5.32 Å². The maximum atomic E-state index is 13.8. The second-order valence-electron chi connectivity index (χ2n) is 3.98. The number of aryl methyl sites for hydroxylation is 1. The molecule has 2 rings (SSSR count). The Kier molecular flexibility index (Phi) is 4.20. The van der Waals surface area contributed by atoms with Crippen molar-refractivity contribution in [2.75, 3.05) is 5.32 Å². The van der Waals surface area contributed by atoms with Crippen molar-refractivity contribution in [2.45, 2.75) is 6.92 Å². The maximum Gasteiger partial charge on any atom is 0.258 e. The van der Waals surface area contributed by atoms with Gasteiger partial charge in [-0.3, -0.25) is 4.79 Å². The number of carbonyl (C=O) groups excluding carboxylic acids is 1. The van der Waals surface area contributed by atoms with Gasteiger partial charge in [-0.1, -0.05) is 29.3 Å². The van der Waals surface area contributed by atoms with Gasteiger partial charge in [-0.05, 0) is 30.7 Å². The summed E-state index contributed by atoms with van der Waals surface area (Å²) in [4.78, 5) is 15.6. The quantitative estimate of drug-likeness (QED) is 0.842. The van der Waals surface area contributed by atoms with Crippen molar-refractivity contribution in [3.05, 3.63) is 57.3 Å². The molecule has 0 aliphatic carbocycles. The number of anilines is 1. The van der Waals surface area contributed by atoms with Crippen LogP contribution in [0.2, 0.25) is 10.3 Å². The molecule has 0 aliphatic heterocycles. The third-order valence-corrected chi connectivity index (χ3v) is 3.08. The molecule has 7 heteroatoms. The maximum absolute atomic E-state index is 13.8. The summed E-state index contributed by atoms with van der Waals surface area (Å²) >= 11 is 11.4. The normalized spacial score (nSPS) is 10.4. The summed E-state index contributed by atoms with van der Waals surface area (Å²) in [5.74, 6) is -2.49. The SMILES string of the molecule is Cc1ccc(F)c(NC(=O)c2ccc(Cl)nc2Cl)c1F. The fraction of sp³-hybridized carbons (Fsp3) is 0.0769. The molecule has 0 fully saturated rings. The largest absolute Gasteiger partial charge is 0.317 e. The van der Waals surface area contributed by atoms with Crippen molar-refractivity contribution in [1.29, 1.82) is 0 Å². The van der Waals surface area contributed by atoms with Crippen molar-refractivity contribution < 1.29 is 13.6 Å². The number of hydrogen-bond acceptors (Lipinski definition) is 2. The fourth-order valence-electron chi connectivity index (χ4n) is 1.53. The van der Waals surface area contributed by atoms with Crippen LogP contribution in [0.1, 0.15) is 15.9 Å². The second-order valence-corrected chi connectivity index (χ2v) is 4.72. The molecule has 1 N–H and O–H groups in total. The summed E-state index contributed by atoms with van der Waals surface area (Å²) in [5, 5.41) is 2.10. The Morgan fingerprint density at radius 1 is 1.20 bits per heavy atom. The summed E-state index contributed by atoms with van der Waals surface area (Å²) in [7, 11) is 0. The van der Waals surface area contributed by atoms with Crippen LogP contribution >= 0.6 is 23.2 Å². The topological polar surface area (TPSA) is 42.0 Å². The van der Waals surface area contributed by atoms with Gasteiger partial charge >= 0.3 is 0 Å². The molecule has 1 aromatic carbocycles. The lowest BCUT2D eigenvalue weighted by molar-refractivity contribution is 0.102. The molecule has 0 atom stereocenters. The average Bonchev–Trinajstić information content (AvgIpc) is 2.39. The molecule has 2 aromatic rings. The predicted molar refractivity (Wildman–Crippen MR) is 73.3 cm³/mol. The van der Waals surface area contributed by atoms with E-state index in [-0.39, 0.29) is 21.4 Å². The van der Waals surface area contributed by atoms with E-state index in [9.17, 15) is 13.6 Å². The lowest BCUT2D eigenvalue weighted by Gasteiger charge is -2.10. The van der Waals surface area contributed by atoms with E-state index in [0.29, 0.717) is 0 Å². The number of aromatic nitrogens is 1. The number of halogens is 4. The molecule has 0 saturated heterocycles. The number of rotatable bonds is 2. The first kappa shape index (κ1) is 14.7. The first-order valence-electron chi connectivity index (χ1n) is 5.48. The van der Waals surface area contributed by atoms with Gasteiger partial charge in [0.05, 0.1) is 5.56 Å². The molecule has 3 nitrogen and oxygen atoms in total. The van der Waals surface area contributed by atoms with Crippen LogP contribution in [0.25, 0.3) is 0 Å². The average molecular weight is 317 g/mol. The van der Waals surface area contributed by atoms with E-state index in [4.69, 9.17) is 23.2 Å².